The normalized spacial score (nSPS) is 10.8. The standard InChI is InChI=1S/C17H17N3O/c1-12-4-3-5-13(8-12)11-20(2)17(21)14-6-7-15-10-18-19-16(15)9-14/h3-10H,11H2,1-2H3,(H,18,19). The molecule has 0 aliphatic heterocycles. The summed E-state index contributed by atoms with van der Waals surface area (Å²) in [6.45, 7) is 2.65. The third-order valence-electron chi connectivity index (χ3n) is 3.54. The van der Waals surface area contributed by atoms with E-state index < -0.39 is 0 Å². The molecule has 3 rings (SSSR count). The fourth-order valence-corrected chi connectivity index (χ4v) is 2.45. The van der Waals surface area contributed by atoms with Crippen LogP contribution >= 0.6 is 0 Å². The number of amides is 1. The number of hydrogen-bond acceptors (Lipinski definition) is 2. The highest BCUT2D eigenvalue weighted by Crippen LogP contribution is 2.15. The zero-order valence-corrected chi connectivity index (χ0v) is 12.1. The first-order valence-electron chi connectivity index (χ1n) is 6.87. The zero-order chi connectivity index (χ0) is 14.8. The van der Waals surface area contributed by atoms with Crippen LogP contribution in [-0.4, -0.2) is 28.1 Å². The van der Waals surface area contributed by atoms with Gasteiger partial charge in [0.05, 0.1) is 11.7 Å². The summed E-state index contributed by atoms with van der Waals surface area (Å²) in [5.74, 6) is 0.00741. The van der Waals surface area contributed by atoms with Crippen LogP contribution < -0.4 is 0 Å². The molecule has 0 radical (unpaired) electrons. The highest BCUT2D eigenvalue weighted by Gasteiger charge is 2.13. The number of H-pyrrole nitrogens is 1. The van der Waals surface area contributed by atoms with Crippen LogP contribution in [0.1, 0.15) is 21.5 Å². The van der Waals surface area contributed by atoms with Crippen molar-refractivity contribution >= 4 is 16.8 Å². The molecule has 4 nitrogen and oxygen atoms in total. The third-order valence-corrected chi connectivity index (χ3v) is 3.54. The van der Waals surface area contributed by atoms with Crippen molar-refractivity contribution in [1.29, 1.82) is 0 Å². The predicted molar refractivity (Wildman–Crippen MR) is 83.1 cm³/mol. The first-order valence-corrected chi connectivity index (χ1v) is 6.87. The summed E-state index contributed by atoms with van der Waals surface area (Å²) in [4.78, 5) is 14.2. The lowest BCUT2D eigenvalue weighted by Crippen LogP contribution is -2.26. The highest BCUT2D eigenvalue weighted by atomic mass is 16.2. The summed E-state index contributed by atoms with van der Waals surface area (Å²) in [6, 6.07) is 13.8. The molecule has 1 amide bonds. The molecule has 1 N–H and O–H groups in total. The van der Waals surface area contributed by atoms with Crippen molar-refractivity contribution in [3.05, 3.63) is 65.4 Å². The number of aromatic amines is 1. The van der Waals surface area contributed by atoms with Crippen LogP contribution in [0, 0.1) is 6.92 Å². The minimum absolute atomic E-state index is 0.00741. The minimum Gasteiger partial charge on any atom is -0.337 e. The van der Waals surface area contributed by atoms with Gasteiger partial charge in [0.25, 0.3) is 5.91 Å². The Labute approximate surface area is 123 Å². The van der Waals surface area contributed by atoms with Crippen molar-refractivity contribution in [2.24, 2.45) is 0 Å². The predicted octanol–water partition coefficient (Wildman–Crippen LogP) is 3.14. The number of aryl methyl sites for hydroxylation is 1. The van der Waals surface area contributed by atoms with Gasteiger partial charge < -0.3 is 4.90 Å². The Balaban J connectivity index is 1.80. The van der Waals surface area contributed by atoms with Crippen LogP contribution in [0.2, 0.25) is 0 Å². The maximum absolute atomic E-state index is 12.5. The summed E-state index contributed by atoms with van der Waals surface area (Å²) in [7, 11) is 1.82. The Morgan fingerprint density at radius 3 is 2.90 bits per heavy atom. The average molecular weight is 279 g/mol. The van der Waals surface area contributed by atoms with Gasteiger partial charge in [0.2, 0.25) is 0 Å². The molecule has 4 heteroatoms. The largest absolute Gasteiger partial charge is 0.337 e. The molecular weight excluding hydrogens is 262 g/mol. The third kappa shape index (κ3) is 2.79. The van der Waals surface area contributed by atoms with E-state index in [2.05, 4.69) is 29.3 Å². The van der Waals surface area contributed by atoms with E-state index in [1.165, 1.54) is 5.56 Å². The van der Waals surface area contributed by atoms with E-state index in [1.807, 2.05) is 37.4 Å². The highest BCUT2D eigenvalue weighted by molar-refractivity contribution is 5.97. The van der Waals surface area contributed by atoms with Gasteiger partial charge in [0.1, 0.15) is 0 Å². The van der Waals surface area contributed by atoms with E-state index in [-0.39, 0.29) is 5.91 Å². The molecule has 0 saturated carbocycles. The number of nitrogens with one attached hydrogen (secondary N) is 1. The van der Waals surface area contributed by atoms with Crippen LogP contribution in [0.3, 0.4) is 0 Å². The van der Waals surface area contributed by atoms with Gasteiger partial charge in [-0.15, -0.1) is 0 Å². The van der Waals surface area contributed by atoms with Gasteiger partial charge in [-0.05, 0) is 24.6 Å². The lowest BCUT2D eigenvalue weighted by Gasteiger charge is -2.17. The van der Waals surface area contributed by atoms with E-state index in [0.717, 1.165) is 16.5 Å². The second-order valence-electron chi connectivity index (χ2n) is 5.32. The van der Waals surface area contributed by atoms with Crippen LogP contribution in [0.15, 0.2) is 48.7 Å². The molecular formula is C17H17N3O. The Kier molecular flexibility index (Phi) is 3.44. The summed E-state index contributed by atoms with van der Waals surface area (Å²) < 4.78 is 0. The van der Waals surface area contributed by atoms with E-state index in [1.54, 1.807) is 11.1 Å². The van der Waals surface area contributed by atoms with E-state index in [0.29, 0.717) is 12.1 Å². The second-order valence-corrected chi connectivity index (χ2v) is 5.32. The number of carbonyl (C=O) groups is 1. The quantitative estimate of drug-likeness (QED) is 0.800. The molecule has 1 heterocycles. The number of rotatable bonds is 3. The fraction of sp³-hybridized carbons (Fsp3) is 0.176. The van der Waals surface area contributed by atoms with Gasteiger partial charge in [0.15, 0.2) is 0 Å². The van der Waals surface area contributed by atoms with Gasteiger partial charge in [-0.25, -0.2) is 0 Å². The summed E-state index contributed by atoms with van der Waals surface area (Å²) in [5.41, 5.74) is 3.88. The molecule has 2 aromatic carbocycles. The first kappa shape index (κ1) is 13.4. The Hall–Kier alpha value is -2.62. The van der Waals surface area contributed by atoms with Crippen molar-refractivity contribution in [3.8, 4) is 0 Å². The van der Waals surface area contributed by atoms with E-state index in [4.69, 9.17) is 0 Å². The maximum atomic E-state index is 12.5. The van der Waals surface area contributed by atoms with Gasteiger partial charge >= 0.3 is 0 Å². The first-order chi connectivity index (χ1) is 10.1. The van der Waals surface area contributed by atoms with Gasteiger partial charge in [0, 0.05) is 24.5 Å². The number of nitrogens with zero attached hydrogens (tertiary/aromatic N) is 2. The van der Waals surface area contributed by atoms with Gasteiger partial charge in [-0.3, -0.25) is 9.89 Å². The van der Waals surface area contributed by atoms with Gasteiger partial charge in [-0.2, -0.15) is 5.10 Å². The average Bonchev–Trinajstić information content (AvgIpc) is 2.93. The van der Waals surface area contributed by atoms with Crippen molar-refractivity contribution < 1.29 is 4.79 Å². The minimum atomic E-state index is 0.00741. The van der Waals surface area contributed by atoms with Crippen LogP contribution in [-0.2, 0) is 6.54 Å². The molecule has 0 bridgehead atoms. The summed E-state index contributed by atoms with van der Waals surface area (Å²) in [5, 5.41) is 7.87. The molecule has 0 atom stereocenters. The molecule has 106 valence electrons. The fourth-order valence-electron chi connectivity index (χ4n) is 2.45. The van der Waals surface area contributed by atoms with Gasteiger partial charge in [-0.1, -0.05) is 35.9 Å². The summed E-state index contributed by atoms with van der Waals surface area (Å²) in [6.07, 6.45) is 1.75. The zero-order valence-electron chi connectivity index (χ0n) is 12.1. The topological polar surface area (TPSA) is 49.0 Å². The molecule has 0 aliphatic rings. The summed E-state index contributed by atoms with van der Waals surface area (Å²) >= 11 is 0. The lowest BCUT2D eigenvalue weighted by atomic mass is 10.1. The number of fused-ring (bicyclic) bond motifs is 1. The Morgan fingerprint density at radius 1 is 1.24 bits per heavy atom. The molecule has 1 aromatic heterocycles. The van der Waals surface area contributed by atoms with E-state index >= 15 is 0 Å². The maximum Gasteiger partial charge on any atom is 0.253 e. The molecule has 0 fully saturated rings. The van der Waals surface area contributed by atoms with Crippen molar-refractivity contribution in [3.63, 3.8) is 0 Å². The SMILES string of the molecule is Cc1cccc(CN(C)C(=O)c2ccc3cn[nH]c3c2)c1. The van der Waals surface area contributed by atoms with Crippen molar-refractivity contribution in [2.75, 3.05) is 7.05 Å². The molecule has 3 aromatic rings. The molecule has 0 unspecified atom stereocenters. The van der Waals surface area contributed by atoms with Crippen LogP contribution in [0.25, 0.3) is 10.9 Å². The number of aromatic nitrogens is 2. The monoisotopic (exact) mass is 279 g/mol. The Morgan fingerprint density at radius 2 is 2.10 bits per heavy atom. The molecule has 21 heavy (non-hydrogen) atoms. The second kappa shape index (κ2) is 5.40. The van der Waals surface area contributed by atoms with E-state index in [9.17, 15) is 4.79 Å². The molecule has 0 aliphatic carbocycles. The van der Waals surface area contributed by atoms with Crippen molar-refractivity contribution in [2.45, 2.75) is 13.5 Å². The smallest absolute Gasteiger partial charge is 0.253 e. The van der Waals surface area contributed by atoms with Crippen molar-refractivity contribution in [1.82, 2.24) is 15.1 Å². The molecule has 0 saturated heterocycles. The number of hydrogen-bond donors (Lipinski definition) is 1. The lowest BCUT2D eigenvalue weighted by molar-refractivity contribution is 0.0785. The van der Waals surface area contributed by atoms with Crippen LogP contribution in [0.4, 0.5) is 0 Å². The molecule has 0 spiro atoms. The van der Waals surface area contributed by atoms with Crippen LogP contribution in [0.5, 0.6) is 0 Å². The Bertz CT molecular complexity index is 791. The number of benzene rings is 2. The number of carbonyl (C=O) groups excluding carboxylic acids is 1.